The van der Waals surface area contributed by atoms with E-state index < -0.39 is 0 Å². The maximum absolute atomic E-state index is 10.3. The maximum Gasteiger partial charge on any atom is 0.151 e. The Balaban J connectivity index is 0.00000182. The standard InChI is InChI=1S/C20H28N2OS2.2ClH/c1-15(2)21-11-19(23)12-22-7-3-16(4-8-22)20(17-5-9-24-13-17)18-6-10-25-14-18;;/h5-6,9-10,13-15,19,21,23H,3-4,7-8,11-12H2,1-2H3;2*1H. The second-order valence-electron chi connectivity index (χ2n) is 7.33. The molecule has 1 aliphatic rings. The zero-order chi connectivity index (χ0) is 17.6. The van der Waals surface area contributed by atoms with Crippen LogP contribution in [-0.2, 0) is 0 Å². The summed E-state index contributed by atoms with van der Waals surface area (Å²) in [6, 6.07) is 5.05. The Bertz CT molecular complexity index is 626. The van der Waals surface area contributed by atoms with Crippen LogP contribution in [0.15, 0.2) is 39.2 Å². The van der Waals surface area contributed by atoms with E-state index in [1.807, 2.05) is 0 Å². The molecule has 2 aromatic heterocycles. The largest absolute Gasteiger partial charge is 1.00 e. The number of nitrogens with one attached hydrogen (secondary N) is 1. The summed E-state index contributed by atoms with van der Waals surface area (Å²) in [6.45, 7) is 8.31. The smallest absolute Gasteiger partial charge is 0.151 e. The fourth-order valence-electron chi connectivity index (χ4n) is 3.59. The van der Waals surface area contributed by atoms with Crippen molar-refractivity contribution in [2.24, 2.45) is 0 Å². The lowest BCUT2D eigenvalue weighted by molar-refractivity contribution is -0.907. The molecule has 1 fully saturated rings. The van der Waals surface area contributed by atoms with Gasteiger partial charge in [0.1, 0.15) is 13.1 Å². The Morgan fingerprint density at radius 3 is 2.07 bits per heavy atom. The van der Waals surface area contributed by atoms with Gasteiger partial charge in [-0.05, 0) is 64.2 Å². The van der Waals surface area contributed by atoms with Gasteiger partial charge in [0.05, 0.1) is 19.1 Å². The van der Waals surface area contributed by atoms with Crippen molar-refractivity contribution in [3.63, 3.8) is 0 Å². The highest BCUT2D eigenvalue weighted by molar-refractivity contribution is 7.08. The SMILES string of the molecule is CC(C)[NH2+]CC(O)C[NH+]1CCC(=C(c2ccsc2)c2ccsc2)CC1.[Cl-].[Cl-]. The second kappa shape index (κ2) is 12.2. The van der Waals surface area contributed by atoms with Crippen molar-refractivity contribution < 1.29 is 40.1 Å². The average molecular weight is 450 g/mol. The number of aliphatic hydroxyl groups is 1. The van der Waals surface area contributed by atoms with Crippen LogP contribution in [0.3, 0.4) is 0 Å². The molecule has 1 atom stereocenters. The van der Waals surface area contributed by atoms with Gasteiger partial charge in [-0.15, -0.1) is 0 Å². The van der Waals surface area contributed by atoms with Gasteiger partial charge in [0.2, 0.25) is 0 Å². The molecule has 0 saturated carbocycles. The first kappa shape index (κ1) is 24.6. The van der Waals surface area contributed by atoms with E-state index in [9.17, 15) is 5.11 Å². The predicted molar refractivity (Wildman–Crippen MR) is 107 cm³/mol. The fourth-order valence-corrected chi connectivity index (χ4v) is 4.89. The van der Waals surface area contributed by atoms with E-state index in [0.29, 0.717) is 6.04 Å². The number of likely N-dealkylation sites (tertiary alicyclic amines) is 1. The summed E-state index contributed by atoms with van der Waals surface area (Å²) < 4.78 is 0. The van der Waals surface area contributed by atoms with Gasteiger partial charge in [-0.1, -0.05) is 5.57 Å². The third-order valence-electron chi connectivity index (χ3n) is 4.94. The quantitative estimate of drug-likeness (QED) is 0.393. The molecular weight excluding hydrogens is 419 g/mol. The highest BCUT2D eigenvalue weighted by atomic mass is 35.5. The Morgan fingerprint density at radius 2 is 1.63 bits per heavy atom. The van der Waals surface area contributed by atoms with E-state index in [0.717, 1.165) is 39.0 Å². The van der Waals surface area contributed by atoms with Gasteiger partial charge in [-0.3, -0.25) is 0 Å². The molecule has 1 aliphatic heterocycles. The number of rotatable bonds is 7. The Hall–Kier alpha value is -0.400. The molecule has 0 bridgehead atoms. The normalized spacial score (nSPS) is 17.9. The first-order valence-electron chi connectivity index (χ1n) is 9.25. The van der Waals surface area contributed by atoms with Crippen molar-refractivity contribution in [1.29, 1.82) is 0 Å². The molecule has 0 aromatic carbocycles. The molecule has 27 heavy (non-hydrogen) atoms. The van der Waals surface area contributed by atoms with Crippen LogP contribution in [0.2, 0.25) is 0 Å². The summed E-state index contributed by atoms with van der Waals surface area (Å²) in [5.41, 5.74) is 5.78. The highest BCUT2D eigenvalue weighted by Crippen LogP contribution is 2.32. The number of hydrogen-bond acceptors (Lipinski definition) is 3. The van der Waals surface area contributed by atoms with Gasteiger partial charge < -0.3 is 40.1 Å². The van der Waals surface area contributed by atoms with Crippen LogP contribution in [0.4, 0.5) is 0 Å². The summed E-state index contributed by atoms with van der Waals surface area (Å²) in [5.74, 6) is 0. The highest BCUT2D eigenvalue weighted by Gasteiger charge is 2.24. The molecule has 4 N–H and O–H groups in total. The van der Waals surface area contributed by atoms with E-state index >= 15 is 0 Å². The number of halogens is 2. The van der Waals surface area contributed by atoms with Crippen LogP contribution in [-0.4, -0.2) is 43.4 Å². The van der Waals surface area contributed by atoms with Crippen molar-refractivity contribution in [1.82, 2.24) is 0 Å². The third-order valence-corrected chi connectivity index (χ3v) is 6.30. The number of aliphatic hydroxyl groups excluding tert-OH is 1. The van der Waals surface area contributed by atoms with Crippen LogP contribution in [0.5, 0.6) is 0 Å². The fraction of sp³-hybridized carbons (Fsp3) is 0.500. The molecule has 2 aromatic rings. The van der Waals surface area contributed by atoms with E-state index in [-0.39, 0.29) is 30.9 Å². The zero-order valence-corrected chi connectivity index (χ0v) is 19.1. The predicted octanol–water partition coefficient (Wildman–Crippen LogP) is -4.37. The number of nitrogens with two attached hydrogens (primary N) is 1. The van der Waals surface area contributed by atoms with Crippen LogP contribution < -0.4 is 35.0 Å². The minimum absolute atomic E-state index is 0. The van der Waals surface area contributed by atoms with Gasteiger partial charge in [-0.2, -0.15) is 22.7 Å². The van der Waals surface area contributed by atoms with Gasteiger partial charge in [0.25, 0.3) is 0 Å². The molecule has 0 spiro atoms. The van der Waals surface area contributed by atoms with Crippen molar-refractivity contribution in [2.75, 3.05) is 26.2 Å². The molecular formula is C20H30Cl2N2OS2. The van der Waals surface area contributed by atoms with Crippen molar-refractivity contribution in [2.45, 2.75) is 38.8 Å². The minimum atomic E-state index is -0.198. The number of hydrogen-bond donors (Lipinski definition) is 3. The molecule has 1 saturated heterocycles. The lowest BCUT2D eigenvalue weighted by Gasteiger charge is -2.28. The lowest BCUT2D eigenvalue weighted by Crippen LogP contribution is -3.14. The van der Waals surface area contributed by atoms with Crippen molar-refractivity contribution in [3.05, 3.63) is 50.4 Å². The summed E-state index contributed by atoms with van der Waals surface area (Å²) in [6.07, 6.45) is 2.07. The number of quaternary nitrogens is 2. The molecule has 152 valence electrons. The number of piperidine rings is 1. The second-order valence-corrected chi connectivity index (χ2v) is 8.89. The Labute approximate surface area is 183 Å². The summed E-state index contributed by atoms with van der Waals surface area (Å²) in [5, 5.41) is 21.4. The van der Waals surface area contributed by atoms with Crippen LogP contribution in [0, 0.1) is 0 Å². The van der Waals surface area contributed by atoms with Gasteiger partial charge in [0.15, 0.2) is 6.10 Å². The van der Waals surface area contributed by atoms with E-state index in [1.165, 1.54) is 16.7 Å². The summed E-state index contributed by atoms with van der Waals surface area (Å²) in [7, 11) is 0. The van der Waals surface area contributed by atoms with Gasteiger partial charge in [0, 0.05) is 12.8 Å². The minimum Gasteiger partial charge on any atom is -1.00 e. The number of thiophene rings is 2. The molecule has 0 radical (unpaired) electrons. The van der Waals surface area contributed by atoms with E-state index in [1.54, 1.807) is 33.1 Å². The first-order valence-corrected chi connectivity index (χ1v) is 11.1. The Morgan fingerprint density at radius 1 is 1.07 bits per heavy atom. The van der Waals surface area contributed by atoms with Crippen LogP contribution >= 0.6 is 22.7 Å². The molecule has 0 aliphatic carbocycles. The molecule has 0 amide bonds. The van der Waals surface area contributed by atoms with E-state index in [2.05, 4.69) is 52.8 Å². The van der Waals surface area contributed by atoms with E-state index in [4.69, 9.17) is 0 Å². The van der Waals surface area contributed by atoms with Crippen LogP contribution in [0.25, 0.3) is 5.57 Å². The molecule has 3 heterocycles. The summed E-state index contributed by atoms with van der Waals surface area (Å²) in [4.78, 5) is 1.54. The summed E-state index contributed by atoms with van der Waals surface area (Å²) >= 11 is 3.55. The van der Waals surface area contributed by atoms with Crippen molar-refractivity contribution >= 4 is 28.2 Å². The Kier molecular flexibility index (Phi) is 11.2. The zero-order valence-electron chi connectivity index (χ0n) is 16.0. The molecule has 1 unspecified atom stereocenters. The van der Waals surface area contributed by atoms with Crippen molar-refractivity contribution in [3.8, 4) is 0 Å². The topological polar surface area (TPSA) is 41.3 Å². The van der Waals surface area contributed by atoms with Crippen LogP contribution in [0.1, 0.15) is 37.8 Å². The lowest BCUT2D eigenvalue weighted by atomic mass is 9.91. The molecule has 3 rings (SSSR count). The maximum atomic E-state index is 10.3. The molecule has 3 nitrogen and oxygen atoms in total. The average Bonchev–Trinajstić information content (AvgIpc) is 3.29. The monoisotopic (exact) mass is 448 g/mol. The van der Waals surface area contributed by atoms with Gasteiger partial charge >= 0.3 is 0 Å². The van der Waals surface area contributed by atoms with Gasteiger partial charge in [-0.25, -0.2) is 0 Å². The third kappa shape index (κ3) is 7.17. The molecule has 7 heteroatoms. The first-order chi connectivity index (χ1) is 12.1.